The number of fused-ring (bicyclic) bond motifs is 1. The molecule has 0 radical (unpaired) electrons. The fourth-order valence-electron chi connectivity index (χ4n) is 3.45. The van der Waals surface area contributed by atoms with Crippen molar-refractivity contribution in [1.29, 1.82) is 0 Å². The van der Waals surface area contributed by atoms with E-state index in [4.69, 9.17) is 9.47 Å². The zero-order chi connectivity index (χ0) is 16.3. The van der Waals surface area contributed by atoms with Crippen LogP contribution in [-0.4, -0.2) is 37.1 Å². The average Bonchev–Trinajstić information content (AvgIpc) is 2.73. The molecular formula is C17H25NO4. The summed E-state index contributed by atoms with van der Waals surface area (Å²) in [5.74, 6) is -0.975. The minimum absolute atomic E-state index is 0.296. The van der Waals surface area contributed by atoms with Gasteiger partial charge in [0.25, 0.3) is 0 Å². The Labute approximate surface area is 131 Å². The van der Waals surface area contributed by atoms with Crippen molar-refractivity contribution in [2.75, 3.05) is 20.3 Å². The molecule has 5 heteroatoms. The van der Waals surface area contributed by atoms with Gasteiger partial charge < -0.3 is 14.4 Å². The van der Waals surface area contributed by atoms with Crippen molar-refractivity contribution < 1.29 is 19.1 Å². The van der Waals surface area contributed by atoms with Gasteiger partial charge in [-0.15, -0.1) is 0 Å². The maximum Gasteiger partial charge on any atom is 0.336 e. The van der Waals surface area contributed by atoms with Gasteiger partial charge in [0.2, 0.25) is 0 Å². The first kappa shape index (κ1) is 16.6. The van der Waals surface area contributed by atoms with E-state index in [2.05, 4.69) is 4.90 Å². The molecule has 0 N–H and O–H groups in total. The molecule has 22 heavy (non-hydrogen) atoms. The molecule has 2 aliphatic heterocycles. The normalized spacial score (nSPS) is 22.2. The van der Waals surface area contributed by atoms with Crippen LogP contribution in [0, 0.1) is 5.92 Å². The highest BCUT2D eigenvalue weighted by molar-refractivity contribution is 5.97. The molecule has 1 fully saturated rings. The predicted octanol–water partition coefficient (Wildman–Crippen LogP) is 2.78. The van der Waals surface area contributed by atoms with E-state index in [1.807, 2.05) is 13.8 Å². The van der Waals surface area contributed by atoms with Crippen LogP contribution in [0.4, 0.5) is 0 Å². The summed E-state index contributed by atoms with van der Waals surface area (Å²) in [6.07, 6.45) is 4.09. The van der Waals surface area contributed by atoms with Gasteiger partial charge in [-0.1, -0.05) is 13.3 Å². The predicted molar refractivity (Wildman–Crippen MR) is 82.7 cm³/mol. The van der Waals surface area contributed by atoms with E-state index in [1.165, 1.54) is 7.11 Å². The molecular weight excluding hydrogens is 282 g/mol. The lowest BCUT2D eigenvalue weighted by Crippen LogP contribution is -2.35. The van der Waals surface area contributed by atoms with Gasteiger partial charge in [-0.2, -0.15) is 0 Å². The Morgan fingerprint density at radius 3 is 2.55 bits per heavy atom. The minimum Gasteiger partial charge on any atom is -0.466 e. The fraction of sp³-hybridized carbons (Fsp3) is 0.647. The highest BCUT2D eigenvalue weighted by Gasteiger charge is 2.38. The SMILES string of the molecule is CCOC(=O)C1=C(C)N2CCCCCC2=C(C(=O)OC)C1C. The molecule has 0 aromatic carbocycles. The molecule has 2 aliphatic rings. The van der Waals surface area contributed by atoms with E-state index in [1.54, 1.807) is 6.92 Å². The van der Waals surface area contributed by atoms with Gasteiger partial charge in [-0.25, -0.2) is 9.59 Å². The van der Waals surface area contributed by atoms with Crippen LogP contribution >= 0.6 is 0 Å². The third-order valence-electron chi connectivity index (χ3n) is 4.49. The molecule has 0 aromatic heterocycles. The molecule has 0 saturated carbocycles. The summed E-state index contributed by atoms with van der Waals surface area (Å²) in [4.78, 5) is 26.8. The lowest BCUT2D eigenvalue weighted by atomic mass is 9.85. The zero-order valence-electron chi connectivity index (χ0n) is 13.9. The van der Waals surface area contributed by atoms with Crippen molar-refractivity contribution in [3.63, 3.8) is 0 Å². The molecule has 122 valence electrons. The second-order valence-electron chi connectivity index (χ2n) is 5.76. The van der Waals surface area contributed by atoms with Crippen molar-refractivity contribution in [1.82, 2.24) is 4.90 Å². The fourth-order valence-corrected chi connectivity index (χ4v) is 3.45. The first-order valence-electron chi connectivity index (χ1n) is 7.99. The molecule has 5 nitrogen and oxygen atoms in total. The van der Waals surface area contributed by atoms with Crippen molar-refractivity contribution in [3.8, 4) is 0 Å². The number of methoxy groups -OCH3 is 1. The van der Waals surface area contributed by atoms with E-state index >= 15 is 0 Å². The lowest BCUT2D eigenvalue weighted by Gasteiger charge is -2.36. The maximum atomic E-state index is 12.4. The number of carbonyl (C=O) groups is 2. The monoisotopic (exact) mass is 307 g/mol. The topological polar surface area (TPSA) is 55.8 Å². The van der Waals surface area contributed by atoms with Crippen LogP contribution in [0.15, 0.2) is 22.5 Å². The number of rotatable bonds is 3. The number of hydrogen-bond donors (Lipinski definition) is 0. The maximum absolute atomic E-state index is 12.4. The first-order chi connectivity index (χ1) is 10.5. The van der Waals surface area contributed by atoms with Crippen molar-refractivity contribution in [3.05, 3.63) is 22.5 Å². The molecule has 1 unspecified atom stereocenters. The summed E-state index contributed by atoms with van der Waals surface area (Å²) in [5.41, 5.74) is 3.11. The van der Waals surface area contributed by atoms with Gasteiger partial charge in [0, 0.05) is 23.9 Å². The van der Waals surface area contributed by atoms with E-state index in [9.17, 15) is 9.59 Å². The first-order valence-corrected chi connectivity index (χ1v) is 7.99. The summed E-state index contributed by atoms with van der Waals surface area (Å²) in [5, 5.41) is 0. The Kier molecular flexibility index (Phi) is 5.27. The van der Waals surface area contributed by atoms with Gasteiger partial charge in [0.15, 0.2) is 0 Å². The lowest BCUT2D eigenvalue weighted by molar-refractivity contribution is -0.139. The van der Waals surface area contributed by atoms with Crippen LogP contribution in [0.2, 0.25) is 0 Å². The summed E-state index contributed by atoms with van der Waals surface area (Å²) in [6.45, 7) is 6.78. The Hall–Kier alpha value is -1.78. The average molecular weight is 307 g/mol. The van der Waals surface area contributed by atoms with Gasteiger partial charge in [-0.3, -0.25) is 0 Å². The molecule has 2 rings (SSSR count). The molecule has 0 aliphatic carbocycles. The van der Waals surface area contributed by atoms with E-state index in [-0.39, 0.29) is 17.9 Å². The number of esters is 2. The third-order valence-corrected chi connectivity index (χ3v) is 4.49. The standard InChI is InChI=1S/C17H25NO4/c1-5-22-17(20)14-11(2)15(16(19)21-4)13-9-7-6-8-10-18(13)12(14)3/h11H,5-10H2,1-4H3. The van der Waals surface area contributed by atoms with E-state index in [0.717, 1.165) is 43.6 Å². The molecule has 0 amide bonds. The highest BCUT2D eigenvalue weighted by Crippen LogP contribution is 2.39. The number of ether oxygens (including phenoxy) is 2. The Bertz CT molecular complexity index is 533. The van der Waals surface area contributed by atoms with Crippen LogP contribution in [0.25, 0.3) is 0 Å². The Morgan fingerprint density at radius 2 is 1.91 bits per heavy atom. The quantitative estimate of drug-likeness (QED) is 0.750. The number of nitrogens with zero attached hydrogens (tertiary/aromatic N) is 1. The number of carbonyl (C=O) groups excluding carboxylic acids is 2. The van der Waals surface area contributed by atoms with Crippen LogP contribution in [0.3, 0.4) is 0 Å². The van der Waals surface area contributed by atoms with E-state index < -0.39 is 0 Å². The summed E-state index contributed by atoms with van der Waals surface area (Å²) >= 11 is 0. The third kappa shape index (κ3) is 2.89. The van der Waals surface area contributed by atoms with Gasteiger partial charge in [0.1, 0.15) is 0 Å². The summed E-state index contributed by atoms with van der Waals surface area (Å²) < 4.78 is 10.2. The molecule has 0 bridgehead atoms. The number of hydrogen-bond acceptors (Lipinski definition) is 5. The second kappa shape index (κ2) is 6.99. The molecule has 1 atom stereocenters. The van der Waals surface area contributed by atoms with Gasteiger partial charge >= 0.3 is 11.9 Å². The Balaban J connectivity index is 2.52. The summed E-state index contributed by atoms with van der Waals surface area (Å²) in [7, 11) is 1.39. The zero-order valence-corrected chi connectivity index (χ0v) is 13.9. The van der Waals surface area contributed by atoms with Crippen molar-refractivity contribution in [2.24, 2.45) is 5.92 Å². The van der Waals surface area contributed by atoms with Crippen LogP contribution in [0.1, 0.15) is 46.5 Å². The smallest absolute Gasteiger partial charge is 0.336 e. The minimum atomic E-state index is -0.344. The largest absolute Gasteiger partial charge is 0.466 e. The molecule has 0 aromatic rings. The summed E-state index contributed by atoms with van der Waals surface area (Å²) in [6, 6.07) is 0. The van der Waals surface area contributed by atoms with Gasteiger partial charge in [-0.05, 0) is 33.1 Å². The molecule has 1 saturated heterocycles. The second-order valence-corrected chi connectivity index (χ2v) is 5.76. The molecule has 2 heterocycles. The Morgan fingerprint density at radius 1 is 1.18 bits per heavy atom. The number of allylic oxidation sites excluding steroid dienone is 2. The van der Waals surface area contributed by atoms with Crippen LogP contribution < -0.4 is 0 Å². The highest BCUT2D eigenvalue weighted by atomic mass is 16.5. The molecule has 0 spiro atoms. The van der Waals surface area contributed by atoms with E-state index in [0.29, 0.717) is 17.8 Å². The van der Waals surface area contributed by atoms with Crippen LogP contribution in [0.5, 0.6) is 0 Å². The van der Waals surface area contributed by atoms with Gasteiger partial charge in [0.05, 0.1) is 24.9 Å². The van der Waals surface area contributed by atoms with Crippen LogP contribution in [-0.2, 0) is 19.1 Å². The van der Waals surface area contributed by atoms with Crippen molar-refractivity contribution >= 4 is 11.9 Å². The van der Waals surface area contributed by atoms with Crippen molar-refractivity contribution in [2.45, 2.75) is 46.5 Å².